The number of carbonyl (C=O) groups excluding carboxylic acids is 2. The van der Waals surface area contributed by atoms with Gasteiger partial charge in [0.15, 0.2) is 0 Å². The van der Waals surface area contributed by atoms with Crippen LogP contribution in [0, 0.1) is 5.92 Å². The standard InChI is InChI=1S/C15H24O7/c1-12(2)11-13-14(16)21-9-7-19-5-3-18-4-6-20-8-10-22-15(13)17/h11-12H,3-10H2,1-2H3. The van der Waals surface area contributed by atoms with E-state index in [0.717, 1.165) is 0 Å². The lowest BCUT2D eigenvalue weighted by Crippen LogP contribution is -2.23. The third-order valence-corrected chi connectivity index (χ3v) is 2.61. The first-order valence-electron chi connectivity index (χ1n) is 7.40. The Kier molecular flexibility index (Phi) is 9.45. The van der Waals surface area contributed by atoms with Crippen molar-refractivity contribution in [2.24, 2.45) is 5.92 Å². The smallest absolute Gasteiger partial charge is 0.345 e. The van der Waals surface area contributed by atoms with E-state index in [-0.39, 0.29) is 37.9 Å². The van der Waals surface area contributed by atoms with E-state index in [4.69, 9.17) is 23.7 Å². The molecule has 1 fully saturated rings. The first-order valence-corrected chi connectivity index (χ1v) is 7.40. The average molecular weight is 316 g/mol. The Hall–Kier alpha value is -1.44. The van der Waals surface area contributed by atoms with Crippen LogP contribution < -0.4 is 0 Å². The summed E-state index contributed by atoms with van der Waals surface area (Å²) in [7, 11) is 0. The molecule has 0 aromatic rings. The molecular formula is C15H24O7. The van der Waals surface area contributed by atoms with Crippen molar-refractivity contribution in [2.75, 3.05) is 52.9 Å². The van der Waals surface area contributed by atoms with E-state index < -0.39 is 11.9 Å². The van der Waals surface area contributed by atoms with E-state index in [1.807, 2.05) is 13.8 Å². The topological polar surface area (TPSA) is 80.3 Å². The van der Waals surface area contributed by atoms with Gasteiger partial charge in [-0.2, -0.15) is 0 Å². The molecule has 1 saturated heterocycles. The molecule has 0 aliphatic carbocycles. The van der Waals surface area contributed by atoms with Crippen LogP contribution in [0.25, 0.3) is 0 Å². The Labute approximate surface area is 130 Å². The highest BCUT2D eigenvalue weighted by Crippen LogP contribution is 2.07. The molecule has 0 atom stereocenters. The summed E-state index contributed by atoms with van der Waals surface area (Å²) in [5, 5.41) is 0. The predicted octanol–water partition coefficient (Wildman–Crippen LogP) is 0.719. The van der Waals surface area contributed by atoms with Crippen LogP contribution in [-0.2, 0) is 33.3 Å². The molecule has 126 valence electrons. The van der Waals surface area contributed by atoms with Gasteiger partial charge in [0.1, 0.15) is 18.8 Å². The van der Waals surface area contributed by atoms with Gasteiger partial charge in [0.25, 0.3) is 0 Å². The molecule has 22 heavy (non-hydrogen) atoms. The van der Waals surface area contributed by atoms with Crippen LogP contribution in [0.5, 0.6) is 0 Å². The molecule has 1 heterocycles. The van der Waals surface area contributed by atoms with Crippen LogP contribution in [0.2, 0.25) is 0 Å². The van der Waals surface area contributed by atoms with Crippen molar-refractivity contribution in [2.45, 2.75) is 13.8 Å². The first kappa shape index (κ1) is 18.6. The van der Waals surface area contributed by atoms with Crippen molar-refractivity contribution in [1.82, 2.24) is 0 Å². The maximum Gasteiger partial charge on any atom is 0.345 e. The Morgan fingerprint density at radius 3 is 1.45 bits per heavy atom. The van der Waals surface area contributed by atoms with E-state index >= 15 is 0 Å². The third kappa shape index (κ3) is 8.11. The highest BCUT2D eigenvalue weighted by molar-refractivity contribution is 6.14. The van der Waals surface area contributed by atoms with Crippen molar-refractivity contribution in [3.8, 4) is 0 Å². The second-order valence-corrected chi connectivity index (χ2v) is 4.93. The molecule has 0 aromatic carbocycles. The van der Waals surface area contributed by atoms with Gasteiger partial charge in [-0.15, -0.1) is 0 Å². The van der Waals surface area contributed by atoms with E-state index in [1.165, 1.54) is 6.08 Å². The maximum atomic E-state index is 12.0. The summed E-state index contributed by atoms with van der Waals surface area (Å²) < 4.78 is 25.8. The van der Waals surface area contributed by atoms with Gasteiger partial charge in [0.05, 0.1) is 39.6 Å². The van der Waals surface area contributed by atoms with Crippen molar-refractivity contribution >= 4 is 11.9 Å². The zero-order valence-corrected chi connectivity index (χ0v) is 13.2. The van der Waals surface area contributed by atoms with Gasteiger partial charge in [0.2, 0.25) is 0 Å². The second kappa shape index (κ2) is 11.2. The van der Waals surface area contributed by atoms with Gasteiger partial charge in [-0.3, -0.25) is 0 Å². The molecule has 0 amide bonds. The summed E-state index contributed by atoms with van der Waals surface area (Å²) in [5.41, 5.74) is -0.0922. The number of ether oxygens (including phenoxy) is 5. The normalized spacial score (nSPS) is 20.4. The lowest BCUT2D eigenvalue weighted by atomic mass is 10.1. The highest BCUT2D eigenvalue weighted by Gasteiger charge is 2.21. The number of carbonyl (C=O) groups is 2. The minimum atomic E-state index is -0.702. The monoisotopic (exact) mass is 316 g/mol. The fourth-order valence-corrected chi connectivity index (χ4v) is 1.64. The number of rotatable bonds is 1. The fourth-order valence-electron chi connectivity index (χ4n) is 1.64. The number of hydrogen-bond acceptors (Lipinski definition) is 7. The molecule has 7 heteroatoms. The van der Waals surface area contributed by atoms with Crippen LogP contribution >= 0.6 is 0 Å². The summed E-state index contributed by atoms with van der Waals surface area (Å²) in [6.45, 7) is 6.08. The van der Waals surface area contributed by atoms with E-state index in [2.05, 4.69) is 0 Å². The van der Waals surface area contributed by atoms with Crippen LogP contribution in [0.15, 0.2) is 11.6 Å². The number of esters is 2. The van der Waals surface area contributed by atoms with E-state index in [9.17, 15) is 9.59 Å². The van der Waals surface area contributed by atoms with Gasteiger partial charge in [-0.1, -0.05) is 19.9 Å². The molecule has 0 aromatic heterocycles. The van der Waals surface area contributed by atoms with E-state index in [1.54, 1.807) is 0 Å². The zero-order chi connectivity index (χ0) is 16.2. The van der Waals surface area contributed by atoms with Crippen LogP contribution in [0.4, 0.5) is 0 Å². The molecule has 0 N–H and O–H groups in total. The SMILES string of the molecule is CC(C)C=C1C(=O)OCCOCCOCCOCCOC1=O. The lowest BCUT2D eigenvalue weighted by Gasteiger charge is -2.12. The summed E-state index contributed by atoms with van der Waals surface area (Å²) in [4.78, 5) is 23.9. The maximum absolute atomic E-state index is 12.0. The summed E-state index contributed by atoms with van der Waals surface area (Å²) in [6.07, 6.45) is 1.53. The van der Waals surface area contributed by atoms with Crippen LogP contribution in [-0.4, -0.2) is 64.8 Å². The second-order valence-electron chi connectivity index (χ2n) is 4.93. The first-order chi connectivity index (χ1) is 10.6. The molecule has 0 bridgehead atoms. The number of cyclic esters (lactones) is 2. The molecule has 0 unspecified atom stereocenters. The third-order valence-electron chi connectivity index (χ3n) is 2.61. The number of allylic oxidation sites excluding steroid dienone is 1. The van der Waals surface area contributed by atoms with Gasteiger partial charge in [-0.05, 0) is 5.92 Å². The van der Waals surface area contributed by atoms with Crippen molar-refractivity contribution in [3.05, 3.63) is 11.6 Å². The molecule has 0 saturated carbocycles. The Morgan fingerprint density at radius 2 is 1.09 bits per heavy atom. The number of hydrogen-bond donors (Lipinski definition) is 0. The Bertz CT molecular complexity index is 348. The van der Waals surface area contributed by atoms with Crippen molar-refractivity contribution in [3.63, 3.8) is 0 Å². The molecule has 1 aliphatic rings. The summed E-state index contributed by atoms with van der Waals surface area (Å²) >= 11 is 0. The molecule has 7 nitrogen and oxygen atoms in total. The summed E-state index contributed by atoms with van der Waals surface area (Å²) in [6, 6.07) is 0. The lowest BCUT2D eigenvalue weighted by molar-refractivity contribution is -0.149. The molecular weight excluding hydrogens is 292 g/mol. The van der Waals surface area contributed by atoms with E-state index in [0.29, 0.717) is 26.4 Å². The Balaban J connectivity index is 2.61. The summed E-state index contributed by atoms with van der Waals surface area (Å²) in [5.74, 6) is -1.39. The van der Waals surface area contributed by atoms with Gasteiger partial charge < -0.3 is 23.7 Å². The minimum Gasteiger partial charge on any atom is -0.459 e. The average Bonchev–Trinajstić information content (AvgIpc) is 2.47. The minimum absolute atomic E-state index is 0.0188. The zero-order valence-electron chi connectivity index (χ0n) is 13.2. The molecule has 1 aliphatic heterocycles. The van der Waals surface area contributed by atoms with Crippen molar-refractivity contribution < 1.29 is 33.3 Å². The van der Waals surface area contributed by atoms with Gasteiger partial charge >= 0.3 is 11.9 Å². The quantitative estimate of drug-likeness (QED) is 0.400. The molecule has 0 radical (unpaired) electrons. The largest absolute Gasteiger partial charge is 0.459 e. The predicted molar refractivity (Wildman–Crippen MR) is 77.3 cm³/mol. The van der Waals surface area contributed by atoms with Crippen LogP contribution in [0.1, 0.15) is 13.8 Å². The molecule has 1 rings (SSSR count). The fraction of sp³-hybridized carbons (Fsp3) is 0.733. The van der Waals surface area contributed by atoms with Crippen molar-refractivity contribution in [1.29, 1.82) is 0 Å². The Morgan fingerprint density at radius 1 is 0.727 bits per heavy atom. The van der Waals surface area contributed by atoms with Gasteiger partial charge in [-0.25, -0.2) is 9.59 Å². The highest BCUT2D eigenvalue weighted by atomic mass is 16.6. The van der Waals surface area contributed by atoms with Gasteiger partial charge in [0, 0.05) is 0 Å². The van der Waals surface area contributed by atoms with Crippen LogP contribution in [0.3, 0.4) is 0 Å². The molecule has 0 spiro atoms.